The Morgan fingerprint density at radius 3 is 1.38 bits per heavy atom. The van der Waals surface area contributed by atoms with Gasteiger partial charge in [0.1, 0.15) is 12.7 Å². The smallest absolute Gasteiger partial charge is 0.101 e. The van der Waals surface area contributed by atoms with Crippen molar-refractivity contribution in [3.05, 3.63) is 0 Å². The zero-order valence-electron chi connectivity index (χ0n) is 5.05. The van der Waals surface area contributed by atoms with E-state index < -0.39 is 0 Å². The highest BCUT2D eigenvalue weighted by molar-refractivity contribution is 5.56. The minimum atomic E-state index is 1.13. The number of hydrogen-bond acceptors (Lipinski definition) is 2. The van der Waals surface area contributed by atoms with Gasteiger partial charge < -0.3 is 0 Å². The summed E-state index contributed by atoms with van der Waals surface area (Å²) in [6.07, 6.45) is 2.26. The van der Waals surface area contributed by atoms with Gasteiger partial charge in [-0.2, -0.15) is 0 Å². The lowest BCUT2D eigenvalue weighted by Gasteiger charge is -2.21. The van der Waals surface area contributed by atoms with E-state index in [4.69, 9.17) is 10.8 Å². The number of nitrogens with zero attached hydrogens (tertiary/aromatic N) is 2. The summed E-state index contributed by atoms with van der Waals surface area (Å²) in [7, 11) is 3.38. The topological polar surface area (TPSA) is 54.2 Å². The van der Waals surface area contributed by atoms with Crippen LogP contribution in [0, 0.1) is 10.8 Å². The first-order chi connectivity index (χ1) is 3.72. The zero-order chi connectivity index (χ0) is 6.57. The molecule has 2 N–H and O–H groups in total. The van der Waals surface area contributed by atoms with Crippen LogP contribution in [-0.2, 0) is 0 Å². The average Bonchev–Trinajstić information content (AvgIpc) is 1.84. The summed E-state index contributed by atoms with van der Waals surface area (Å²) in [6.45, 7) is 0. The van der Waals surface area contributed by atoms with Gasteiger partial charge in [-0.15, -0.1) is 0 Å². The molecule has 0 aromatic heterocycles. The van der Waals surface area contributed by atoms with E-state index in [0.717, 1.165) is 12.7 Å². The molecule has 0 heterocycles. The van der Waals surface area contributed by atoms with Crippen molar-refractivity contribution in [2.24, 2.45) is 0 Å². The summed E-state index contributed by atoms with van der Waals surface area (Å²) in [5.41, 5.74) is 0. The van der Waals surface area contributed by atoms with E-state index in [-0.39, 0.29) is 0 Å². The highest BCUT2D eigenvalue weighted by Crippen LogP contribution is 1.77. The Morgan fingerprint density at radius 1 is 1.00 bits per heavy atom. The van der Waals surface area contributed by atoms with Gasteiger partial charge in [0.25, 0.3) is 0 Å². The van der Waals surface area contributed by atoms with Gasteiger partial charge in [0.2, 0.25) is 0 Å². The fourth-order valence-corrected chi connectivity index (χ4v) is 0.182. The van der Waals surface area contributed by atoms with Gasteiger partial charge in [0, 0.05) is 14.1 Å². The monoisotopic (exact) mass is 114 g/mol. The molecule has 0 spiro atoms. The van der Waals surface area contributed by atoms with Crippen LogP contribution in [0.1, 0.15) is 0 Å². The number of nitrogens with one attached hydrogen (secondary N) is 2. The van der Waals surface area contributed by atoms with Crippen LogP contribution < -0.4 is 0 Å². The molecule has 0 unspecified atom stereocenters. The van der Waals surface area contributed by atoms with Crippen LogP contribution in [0.15, 0.2) is 0 Å². The molecule has 0 atom stereocenters. The van der Waals surface area contributed by atoms with Crippen molar-refractivity contribution < 1.29 is 0 Å². The predicted octanol–water partition coefficient (Wildman–Crippen LogP) is -0.0209. The third kappa shape index (κ3) is 1.59. The lowest BCUT2D eigenvalue weighted by Crippen LogP contribution is -2.33. The number of hydrogen-bond donors (Lipinski definition) is 2. The van der Waals surface area contributed by atoms with Gasteiger partial charge >= 0.3 is 0 Å². The Hall–Kier alpha value is -1.06. The molecule has 0 amide bonds. The second-order valence-electron chi connectivity index (χ2n) is 1.41. The van der Waals surface area contributed by atoms with Crippen LogP contribution in [-0.4, -0.2) is 36.8 Å². The molecule has 0 saturated carbocycles. The molecule has 0 aliphatic carbocycles. The maximum atomic E-state index is 6.70. The number of rotatable bonds is 3. The maximum Gasteiger partial charge on any atom is 0.101 e. The minimum absolute atomic E-state index is 1.13. The normalized spacial score (nSPS) is 7.75. The molecular formula is C4H10N4. The van der Waals surface area contributed by atoms with E-state index >= 15 is 0 Å². The first kappa shape index (κ1) is 6.94. The van der Waals surface area contributed by atoms with Crippen LogP contribution in [0.5, 0.6) is 0 Å². The largest absolute Gasteiger partial charge is 0.290 e. The van der Waals surface area contributed by atoms with E-state index in [0.29, 0.717) is 0 Å². The summed E-state index contributed by atoms with van der Waals surface area (Å²) < 4.78 is 0. The SMILES string of the molecule is CN(C=N)N(C)C=N. The first-order valence-electron chi connectivity index (χ1n) is 2.19. The summed E-state index contributed by atoms with van der Waals surface area (Å²) in [6, 6.07) is 0. The molecule has 0 fully saturated rings. The van der Waals surface area contributed by atoms with Gasteiger partial charge in [-0.1, -0.05) is 0 Å². The van der Waals surface area contributed by atoms with Crippen LogP contribution >= 0.6 is 0 Å². The van der Waals surface area contributed by atoms with Crippen molar-refractivity contribution in [2.45, 2.75) is 0 Å². The molecule has 0 aliphatic rings. The predicted molar refractivity (Wildman–Crippen MR) is 33.1 cm³/mol. The first-order valence-corrected chi connectivity index (χ1v) is 2.19. The molecule has 46 valence electrons. The summed E-state index contributed by atoms with van der Waals surface area (Å²) >= 11 is 0. The standard InChI is InChI=1S/C4H10N4/c1-7(3-5)8(2)4-6/h3-6H,1-2H3. The molecule has 0 aliphatic heterocycles. The Kier molecular flexibility index (Phi) is 2.61. The second-order valence-corrected chi connectivity index (χ2v) is 1.41. The molecule has 0 radical (unpaired) electrons. The average molecular weight is 114 g/mol. The Bertz CT molecular complexity index is 78.0. The lowest BCUT2D eigenvalue weighted by molar-refractivity contribution is 0.221. The van der Waals surface area contributed by atoms with Crippen LogP contribution in [0.4, 0.5) is 0 Å². The lowest BCUT2D eigenvalue weighted by atomic mass is 11.0. The molecule has 8 heavy (non-hydrogen) atoms. The van der Waals surface area contributed by atoms with Crippen molar-refractivity contribution in [1.29, 1.82) is 10.8 Å². The fourth-order valence-electron chi connectivity index (χ4n) is 0.182. The molecule has 0 bridgehead atoms. The third-order valence-corrected chi connectivity index (χ3v) is 0.871. The summed E-state index contributed by atoms with van der Waals surface area (Å²) in [5.74, 6) is 0. The second kappa shape index (κ2) is 3.01. The highest BCUT2D eigenvalue weighted by Gasteiger charge is 1.90. The quantitative estimate of drug-likeness (QED) is 0.308. The van der Waals surface area contributed by atoms with Gasteiger partial charge in [-0.3, -0.25) is 20.8 Å². The Labute approximate surface area is 48.7 Å². The van der Waals surface area contributed by atoms with Crippen molar-refractivity contribution in [3.8, 4) is 0 Å². The van der Waals surface area contributed by atoms with Gasteiger partial charge in [-0.25, -0.2) is 0 Å². The summed E-state index contributed by atoms with van der Waals surface area (Å²) in [5, 5.41) is 16.4. The minimum Gasteiger partial charge on any atom is -0.290 e. The summed E-state index contributed by atoms with van der Waals surface area (Å²) in [4.78, 5) is 0. The van der Waals surface area contributed by atoms with E-state index in [1.165, 1.54) is 10.0 Å². The molecule has 4 nitrogen and oxygen atoms in total. The molecule has 0 saturated heterocycles. The van der Waals surface area contributed by atoms with E-state index in [9.17, 15) is 0 Å². The fraction of sp³-hybridized carbons (Fsp3) is 0.500. The molecule has 0 rings (SSSR count). The zero-order valence-corrected chi connectivity index (χ0v) is 5.05. The van der Waals surface area contributed by atoms with Gasteiger partial charge in [0.15, 0.2) is 0 Å². The van der Waals surface area contributed by atoms with Crippen LogP contribution in [0.25, 0.3) is 0 Å². The Morgan fingerprint density at radius 2 is 1.25 bits per heavy atom. The molecule has 0 aromatic rings. The number of hydrazine groups is 1. The van der Waals surface area contributed by atoms with Crippen molar-refractivity contribution in [1.82, 2.24) is 10.0 Å². The highest BCUT2D eigenvalue weighted by atomic mass is 15.6. The third-order valence-electron chi connectivity index (χ3n) is 0.871. The van der Waals surface area contributed by atoms with Gasteiger partial charge in [0.05, 0.1) is 0 Å². The molecular weight excluding hydrogens is 104 g/mol. The maximum absolute atomic E-state index is 6.70. The van der Waals surface area contributed by atoms with Crippen molar-refractivity contribution in [2.75, 3.05) is 14.1 Å². The van der Waals surface area contributed by atoms with Crippen molar-refractivity contribution in [3.63, 3.8) is 0 Å². The van der Waals surface area contributed by atoms with Crippen LogP contribution in [0.3, 0.4) is 0 Å². The van der Waals surface area contributed by atoms with Gasteiger partial charge in [-0.05, 0) is 0 Å². The Balaban J connectivity index is 3.60. The van der Waals surface area contributed by atoms with Crippen LogP contribution in [0.2, 0.25) is 0 Å². The van der Waals surface area contributed by atoms with E-state index in [1.54, 1.807) is 14.1 Å². The van der Waals surface area contributed by atoms with Crippen molar-refractivity contribution >= 4 is 12.7 Å². The van der Waals surface area contributed by atoms with E-state index in [1.807, 2.05) is 0 Å². The molecule has 0 aromatic carbocycles. The van der Waals surface area contributed by atoms with E-state index in [2.05, 4.69) is 0 Å². The molecule has 4 heteroatoms.